The molecule has 1 aliphatic rings. The van der Waals surface area contributed by atoms with Crippen LogP contribution >= 0.6 is 0 Å². The lowest BCUT2D eigenvalue weighted by atomic mass is 10.0. The predicted molar refractivity (Wildman–Crippen MR) is 107 cm³/mol. The molecule has 3 rings (SSSR count). The maximum atomic E-state index is 12.5. The number of nitrogen functional groups attached to an aromatic ring is 1. The third-order valence-electron chi connectivity index (χ3n) is 4.81. The molecule has 5 heteroatoms. The van der Waals surface area contributed by atoms with Gasteiger partial charge in [-0.25, -0.2) is 0 Å². The van der Waals surface area contributed by atoms with E-state index in [1.165, 1.54) is 19.3 Å². The molecule has 0 radical (unpaired) electrons. The zero-order chi connectivity index (χ0) is 18.5. The highest BCUT2D eigenvalue weighted by molar-refractivity contribution is 6.04. The lowest BCUT2D eigenvalue weighted by Gasteiger charge is -2.36. The Morgan fingerprint density at radius 3 is 2.85 bits per heavy atom. The van der Waals surface area contributed by atoms with E-state index in [4.69, 9.17) is 10.5 Å². The first-order valence-electron chi connectivity index (χ1n) is 9.29. The summed E-state index contributed by atoms with van der Waals surface area (Å²) in [6.45, 7) is 5.75. The minimum atomic E-state index is -0.176. The SMILES string of the molecule is CCOc1cccc(C(=O)Nc2ccc(N3CCCCC3C)c(N)c2)c1. The Labute approximate surface area is 155 Å². The Bertz CT molecular complexity index is 776. The van der Waals surface area contributed by atoms with Crippen molar-refractivity contribution >= 4 is 23.0 Å². The van der Waals surface area contributed by atoms with Gasteiger partial charge in [0.1, 0.15) is 5.75 Å². The lowest BCUT2D eigenvalue weighted by molar-refractivity contribution is 0.102. The molecule has 138 valence electrons. The van der Waals surface area contributed by atoms with E-state index in [9.17, 15) is 4.79 Å². The molecule has 1 aliphatic heterocycles. The second-order valence-electron chi connectivity index (χ2n) is 6.73. The van der Waals surface area contributed by atoms with Crippen LogP contribution < -0.4 is 20.7 Å². The van der Waals surface area contributed by atoms with Crippen LogP contribution in [-0.4, -0.2) is 25.1 Å². The minimum Gasteiger partial charge on any atom is -0.494 e. The Morgan fingerprint density at radius 2 is 2.12 bits per heavy atom. The molecule has 0 aliphatic carbocycles. The van der Waals surface area contributed by atoms with Crippen LogP contribution in [0.15, 0.2) is 42.5 Å². The van der Waals surface area contributed by atoms with Crippen LogP contribution in [0.5, 0.6) is 5.75 Å². The first-order valence-corrected chi connectivity index (χ1v) is 9.29. The Balaban J connectivity index is 1.73. The molecule has 0 saturated carbocycles. The van der Waals surface area contributed by atoms with Gasteiger partial charge in [0.05, 0.1) is 18.0 Å². The molecule has 3 N–H and O–H groups in total. The van der Waals surface area contributed by atoms with Crippen molar-refractivity contribution in [3.63, 3.8) is 0 Å². The molecule has 2 aromatic carbocycles. The van der Waals surface area contributed by atoms with Gasteiger partial charge in [-0.05, 0) is 69.5 Å². The quantitative estimate of drug-likeness (QED) is 0.787. The molecule has 1 atom stereocenters. The van der Waals surface area contributed by atoms with E-state index in [0.717, 1.165) is 12.2 Å². The van der Waals surface area contributed by atoms with Crippen LogP contribution in [0.2, 0.25) is 0 Å². The number of nitrogens with one attached hydrogen (secondary N) is 1. The van der Waals surface area contributed by atoms with E-state index in [1.807, 2.05) is 37.3 Å². The molecule has 1 saturated heterocycles. The smallest absolute Gasteiger partial charge is 0.255 e. The van der Waals surface area contributed by atoms with Gasteiger partial charge >= 0.3 is 0 Å². The van der Waals surface area contributed by atoms with Crippen LogP contribution in [0.3, 0.4) is 0 Å². The monoisotopic (exact) mass is 353 g/mol. The Hall–Kier alpha value is -2.69. The summed E-state index contributed by atoms with van der Waals surface area (Å²) in [4.78, 5) is 14.9. The standard InChI is InChI=1S/C21H27N3O2/c1-3-26-18-9-6-8-16(13-18)21(25)23-17-10-11-20(19(22)14-17)24-12-5-4-7-15(24)2/h6,8-11,13-15H,3-5,7,12,22H2,1-2H3,(H,23,25). The number of nitrogens with two attached hydrogens (primary N) is 1. The van der Waals surface area contributed by atoms with Crippen molar-refractivity contribution in [2.24, 2.45) is 0 Å². The van der Waals surface area contributed by atoms with Gasteiger partial charge in [0, 0.05) is 23.8 Å². The molecule has 1 fully saturated rings. The summed E-state index contributed by atoms with van der Waals surface area (Å²) >= 11 is 0. The maximum absolute atomic E-state index is 12.5. The molecule has 1 amide bonds. The van der Waals surface area contributed by atoms with Gasteiger partial charge in [-0.3, -0.25) is 4.79 Å². The lowest BCUT2D eigenvalue weighted by Crippen LogP contribution is -2.37. The average Bonchev–Trinajstić information content (AvgIpc) is 2.63. The van der Waals surface area contributed by atoms with Crippen LogP contribution in [0, 0.1) is 0 Å². The second kappa shape index (κ2) is 8.13. The summed E-state index contributed by atoms with van der Waals surface area (Å²) < 4.78 is 5.45. The summed E-state index contributed by atoms with van der Waals surface area (Å²) in [7, 11) is 0. The van der Waals surface area contributed by atoms with E-state index in [1.54, 1.807) is 12.1 Å². The fraction of sp³-hybridized carbons (Fsp3) is 0.381. The van der Waals surface area contributed by atoms with Crippen LogP contribution in [0.4, 0.5) is 17.1 Å². The van der Waals surface area contributed by atoms with E-state index >= 15 is 0 Å². The van der Waals surface area contributed by atoms with Crippen molar-refractivity contribution in [1.82, 2.24) is 0 Å². The maximum Gasteiger partial charge on any atom is 0.255 e. The number of carbonyl (C=O) groups excluding carboxylic acids is 1. The predicted octanol–water partition coefficient (Wildman–Crippen LogP) is 4.30. The summed E-state index contributed by atoms with van der Waals surface area (Å²) in [5.74, 6) is 0.513. The minimum absolute atomic E-state index is 0.176. The van der Waals surface area contributed by atoms with Crippen molar-refractivity contribution in [2.45, 2.75) is 39.2 Å². The summed E-state index contributed by atoms with van der Waals surface area (Å²) in [5.41, 5.74) is 9.28. The molecule has 0 aromatic heterocycles. The number of benzene rings is 2. The fourth-order valence-corrected chi connectivity index (χ4v) is 3.45. The molecule has 1 unspecified atom stereocenters. The van der Waals surface area contributed by atoms with Gasteiger partial charge in [0.2, 0.25) is 0 Å². The first kappa shape index (κ1) is 18.1. The van der Waals surface area contributed by atoms with Crippen LogP contribution in [0.1, 0.15) is 43.5 Å². The number of piperidine rings is 1. The van der Waals surface area contributed by atoms with Gasteiger partial charge in [0.25, 0.3) is 5.91 Å². The number of hydrogen-bond donors (Lipinski definition) is 2. The topological polar surface area (TPSA) is 67.6 Å². The second-order valence-corrected chi connectivity index (χ2v) is 6.73. The summed E-state index contributed by atoms with van der Waals surface area (Å²) in [6, 6.07) is 13.4. The zero-order valence-electron chi connectivity index (χ0n) is 15.5. The summed E-state index contributed by atoms with van der Waals surface area (Å²) in [6.07, 6.45) is 3.65. The molecular weight excluding hydrogens is 326 g/mol. The van der Waals surface area contributed by atoms with Crippen molar-refractivity contribution in [3.8, 4) is 5.75 Å². The number of hydrogen-bond acceptors (Lipinski definition) is 4. The van der Waals surface area contributed by atoms with Gasteiger partial charge < -0.3 is 20.7 Å². The molecule has 26 heavy (non-hydrogen) atoms. The van der Waals surface area contributed by atoms with Crippen molar-refractivity contribution in [2.75, 3.05) is 29.1 Å². The number of rotatable bonds is 5. The normalized spacial score (nSPS) is 17.0. The Kier molecular flexibility index (Phi) is 5.66. The number of anilines is 3. The first-order chi connectivity index (χ1) is 12.6. The third-order valence-corrected chi connectivity index (χ3v) is 4.81. The largest absolute Gasteiger partial charge is 0.494 e. The average molecular weight is 353 g/mol. The van der Waals surface area contributed by atoms with E-state index in [2.05, 4.69) is 17.1 Å². The van der Waals surface area contributed by atoms with Crippen molar-refractivity contribution < 1.29 is 9.53 Å². The molecule has 0 bridgehead atoms. The highest BCUT2D eigenvalue weighted by Gasteiger charge is 2.20. The van der Waals surface area contributed by atoms with Gasteiger partial charge in [-0.2, -0.15) is 0 Å². The Morgan fingerprint density at radius 1 is 1.27 bits per heavy atom. The molecular formula is C21H27N3O2. The van der Waals surface area contributed by atoms with E-state index < -0.39 is 0 Å². The highest BCUT2D eigenvalue weighted by Crippen LogP contribution is 2.31. The van der Waals surface area contributed by atoms with E-state index in [0.29, 0.717) is 35.3 Å². The molecule has 1 heterocycles. The third kappa shape index (κ3) is 4.10. The molecule has 2 aromatic rings. The van der Waals surface area contributed by atoms with E-state index in [-0.39, 0.29) is 5.91 Å². The number of amides is 1. The number of carbonyl (C=O) groups is 1. The molecule has 5 nitrogen and oxygen atoms in total. The molecule has 0 spiro atoms. The van der Waals surface area contributed by atoms with Crippen molar-refractivity contribution in [1.29, 1.82) is 0 Å². The van der Waals surface area contributed by atoms with Crippen LogP contribution in [-0.2, 0) is 0 Å². The highest BCUT2D eigenvalue weighted by atomic mass is 16.5. The van der Waals surface area contributed by atoms with Crippen molar-refractivity contribution in [3.05, 3.63) is 48.0 Å². The van der Waals surface area contributed by atoms with Gasteiger partial charge in [-0.15, -0.1) is 0 Å². The van der Waals surface area contributed by atoms with Crippen LogP contribution in [0.25, 0.3) is 0 Å². The zero-order valence-corrected chi connectivity index (χ0v) is 15.5. The number of nitrogens with zero attached hydrogens (tertiary/aromatic N) is 1. The van der Waals surface area contributed by atoms with Gasteiger partial charge in [-0.1, -0.05) is 6.07 Å². The van der Waals surface area contributed by atoms with Gasteiger partial charge in [0.15, 0.2) is 0 Å². The number of ether oxygens (including phenoxy) is 1. The summed E-state index contributed by atoms with van der Waals surface area (Å²) in [5, 5.41) is 2.92. The fourth-order valence-electron chi connectivity index (χ4n) is 3.45.